The molecule has 36 heavy (non-hydrogen) atoms. The standard InChI is InChI=1S/C25H31N3O6S2/c1-20-3-7-24(19-21(20)2)36(32,33)27-13-11-26(12-14-27)25(29)10-6-22-4-8-23(9-5-22)35(30,31)28-15-17-34-18-16-28/h3-10,19H,11-18H2,1-2H3. The number of hydrogen-bond donors (Lipinski definition) is 0. The highest BCUT2D eigenvalue weighted by Crippen LogP contribution is 2.21. The van der Waals surface area contributed by atoms with Crippen LogP contribution in [0.1, 0.15) is 16.7 Å². The van der Waals surface area contributed by atoms with Crippen molar-refractivity contribution in [3.05, 3.63) is 65.2 Å². The Labute approximate surface area is 213 Å². The largest absolute Gasteiger partial charge is 0.379 e. The lowest BCUT2D eigenvalue weighted by atomic mass is 10.1. The van der Waals surface area contributed by atoms with Gasteiger partial charge in [0.1, 0.15) is 0 Å². The smallest absolute Gasteiger partial charge is 0.246 e. The van der Waals surface area contributed by atoms with Crippen LogP contribution >= 0.6 is 0 Å². The van der Waals surface area contributed by atoms with Crippen molar-refractivity contribution in [2.45, 2.75) is 23.6 Å². The van der Waals surface area contributed by atoms with Crippen molar-refractivity contribution in [2.24, 2.45) is 0 Å². The number of rotatable bonds is 6. The number of piperazine rings is 1. The van der Waals surface area contributed by atoms with Crippen molar-refractivity contribution in [1.29, 1.82) is 0 Å². The molecule has 0 atom stereocenters. The molecule has 0 aliphatic carbocycles. The highest BCUT2D eigenvalue weighted by atomic mass is 32.2. The predicted octanol–water partition coefficient (Wildman–Crippen LogP) is 1.87. The van der Waals surface area contributed by atoms with E-state index < -0.39 is 20.0 Å². The maximum atomic E-state index is 13.0. The van der Waals surface area contributed by atoms with Gasteiger partial charge in [-0.25, -0.2) is 16.8 Å². The minimum absolute atomic E-state index is 0.203. The lowest BCUT2D eigenvalue weighted by molar-refractivity contribution is -0.127. The van der Waals surface area contributed by atoms with Crippen LogP contribution in [0.15, 0.2) is 58.3 Å². The van der Waals surface area contributed by atoms with Crippen LogP contribution in [-0.4, -0.2) is 88.7 Å². The van der Waals surface area contributed by atoms with Crippen LogP contribution in [0.2, 0.25) is 0 Å². The SMILES string of the molecule is Cc1ccc(S(=O)(=O)N2CCN(C(=O)C=Cc3ccc(S(=O)(=O)N4CCOCC4)cc3)CC2)cc1C. The minimum atomic E-state index is -3.61. The second-order valence-corrected chi connectivity index (χ2v) is 12.8. The minimum Gasteiger partial charge on any atom is -0.379 e. The van der Waals surface area contributed by atoms with Gasteiger partial charge in [-0.2, -0.15) is 8.61 Å². The number of ether oxygens (including phenoxy) is 1. The van der Waals surface area contributed by atoms with Gasteiger partial charge >= 0.3 is 0 Å². The van der Waals surface area contributed by atoms with Crippen molar-refractivity contribution in [3.8, 4) is 0 Å². The first-order valence-corrected chi connectivity index (χ1v) is 14.7. The number of hydrogen-bond acceptors (Lipinski definition) is 6. The van der Waals surface area contributed by atoms with Crippen molar-refractivity contribution in [1.82, 2.24) is 13.5 Å². The molecule has 0 saturated carbocycles. The van der Waals surface area contributed by atoms with Gasteiger partial charge in [0.25, 0.3) is 0 Å². The molecule has 11 heteroatoms. The molecule has 2 saturated heterocycles. The molecule has 4 rings (SSSR count). The quantitative estimate of drug-likeness (QED) is 0.525. The zero-order valence-corrected chi connectivity index (χ0v) is 22.1. The van der Waals surface area contributed by atoms with Crippen molar-refractivity contribution in [2.75, 3.05) is 52.5 Å². The lowest BCUT2D eigenvalue weighted by Gasteiger charge is -2.33. The molecule has 2 aromatic rings. The molecule has 2 aromatic carbocycles. The molecular weight excluding hydrogens is 502 g/mol. The first-order valence-electron chi connectivity index (χ1n) is 11.8. The fraction of sp³-hybridized carbons (Fsp3) is 0.400. The number of morpholine rings is 1. The third-order valence-corrected chi connectivity index (χ3v) is 10.4. The first kappa shape index (κ1) is 26.5. The molecule has 0 unspecified atom stereocenters. The van der Waals surface area contributed by atoms with Gasteiger partial charge in [-0.15, -0.1) is 0 Å². The summed E-state index contributed by atoms with van der Waals surface area (Å²) < 4.78 is 59.5. The van der Waals surface area contributed by atoms with Crippen molar-refractivity contribution in [3.63, 3.8) is 0 Å². The molecule has 1 amide bonds. The lowest BCUT2D eigenvalue weighted by Crippen LogP contribution is -2.50. The Morgan fingerprint density at radius 2 is 1.31 bits per heavy atom. The average Bonchev–Trinajstić information content (AvgIpc) is 2.89. The average molecular weight is 534 g/mol. The molecule has 2 fully saturated rings. The maximum Gasteiger partial charge on any atom is 0.246 e. The van der Waals surface area contributed by atoms with Crippen molar-refractivity contribution >= 4 is 32.0 Å². The highest BCUT2D eigenvalue weighted by molar-refractivity contribution is 7.89. The van der Waals surface area contributed by atoms with Gasteiger partial charge in [0, 0.05) is 45.3 Å². The van der Waals surface area contributed by atoms with E-state index in [1.54, 1.807) is 41.3 Å². The number of benzene rings is 2. The monoisotopic (exact) mass is 533 g/mol. The van der Waals surface area contributed by atoms with E-state index in [9.17, 15) is 21.6 Å². The van der Waals surface area contributed by atoms with E-state index in [0.717, 1.165) is 11.1 Å². The normalized spacial score (nSPS) is 18.6. The summed E-state index contributed by atoms with van der Waals surface area (Å²) in [5.41, 5.74) is 2.64. The molecule has 2 aliphatic heterocycles. The predicted molar refractivity (Wildman–Crippen MR) is 136 cm³/mol. The van der Waals surface area contributed by atoms with Crippen LogP contribution in [0.5, 0.6) is 0 Å². The van der Waals surface area contributed by atoms with Crippen molar-refractivity contribution < 1.29 is 26.4 Å². The van der Waals surface area contributed by atoms with Crippen LogP contribution in [0, 0.1) is 13.8 Å². The van der Waals surface area contributed by atoms with Gasteiger partial charge in [0.15, 0.2) is 0 Å². The highest BCUT2D eigenvalue weighted by Gasteiger charge is 2.30. The molecule has 0 radical (unpaired) electrons. The van der Waals surface area contributed by atoms with Crippen LogP contribution in [0.4, 0.5) is 0 Å². The van der Waals surface area contributed by atoms with Gasteiger partial charge in [-0.1, -0.05) is 18.2 Å². The third kappa shape index (κ3) is 5.70. The Bertz CT molecular complexity index is 1340. The van der Waals surface area contributed by atoms with Crippen LogP contribution in [-0.2, 0) is 29.6 Å². The van der Waals surface area contributed by atoms with Gasteiger partial charge < -0.3 is 9.64 Å². The third-order valence-electron chi connectivity index (χ3n) is 6.57. The molecular formula is C25H31N3O6S2. The topological polar surface area (TPSA) is 104 Å². The number of amides is 1. The molecule has 0 aromatic heterocycles. The molecule has 0 bridgehead atoms. The molecule has 9 nitrogen and oxygen atoms in total. The van der Waals surface area contributed by atoms with Gasteiger partial charge in [-0.05, 0) is 60.9 Å². The molecule has 194 valence electrons. The molecule has 0 N–H and O–H groups in total. The van der Waals surface area contributed by atoms with Crippen LogP contribution < -0.4 is 0 Å². The summed E-state index contributed by atoms with van der Waals surface area (Å²) in [5.74, 6) is -0.219. The summed E-state index contributed by atoms with van der Waals surface area (Å²) in [7, 11) is -7.18. The molecule has 2 heterocycles. The first-order chi connectivity index (χ1) is 17.1. The zero-order valence-electron chi connectivity index (χ0n) is 20.5. The van der Waals surface area contributed by atoms with E-state index in [-0.39, 0.29) is 28.8 Å². The van der Waals surface area contributed by atoms with E-state index in [0.29, 0.717) is 45.0 Å². The number of sulfonamides is 2. The van der Waals surface area contributed by atoms with Crippen LogP contribution in [0.3, 0.4) is 0 Å². The van der Waals surface area contributed by atoms with Gasteiger partial charge in [0.05, 0.1) is 23.0 Å². The van der Waals surface area contributed by atoms with E-state index in [1.807, 2.05) is 13.8 Å². The Balaban J connectivity index is 1.34. The Morgan fingerprint density at radius 1 is 0.750 bits per heavy atom. The fourth-order valence-electron chi connectivity index (χ4n) is 4.13. The summed E-state index contributed by atoms with van der Waals surface area (Å²) in [4.78, 5) is 14.8. The van der Waals surface area contributed by atoms with Gasteiger partial charge in [-0.3, -0.25) is 4.79 Å². The molecule has 0 spiro atoms. The van der Waals surface area contributed by atoms with E-state index in [4.69, 9.17) is 4.74 Å². The number of aryl methyl sites for hydroxylation is 2. The Hall–Kier alpha value is -2.57. The van der Waals surface area contributed by atoms with E-state index >= 15 is 0 Å². The number of nitrogens with zero attached hydrogens (tertiary/aromatic N) is 3. The Kier molecular flexibility index (Phi) is 7.96. The maximum absolute atomic E-state index is 13.0. The van der Waals surface area contributed by atoms with Gasteiger partial charge in [0.2, 0.25) is 26.0 Å². The second kappa shape index (κ2) is 10.8. The summed E-state index contributed by atoms with van der Waals surface area (Å²) in [6.07, 6.45) is 3.06. The second-order valence-electron chi connectivity index (χ2n) is 8.89. The van der Waals surface area contributed by atoms with E-state index in [2.05, 4.69) is 0 Å². The molecule has 2 aliphatic rings. The summed E-state index contributed by atoms with van der Waals surface area (Å²) in [6.45, 7) is 6.29. The fourth-order valence-corrected chi connectivity index (χ4v) is 7.05. The Morgan fingerprint density at radius 3 is 1.92 bits per heavy atom. The van der Waals surface area contributed by atoms with Crippen LogP contribution in [0.25, 0.3) is 6.08 Å². The zero-order chi connectivity index (χ0) is 25.9. The van der Waals surface area contributed by atoms with E-state index in [1.165, 1.54) is 26.8 Å². The summed E-state index contributed by atoms with van der Waals surface area (Å²) >= 11 is 0. The summed E-state index contributed by atoms with van der Waals surface area (Å²) in [6, 6.07) is 11.5. The summed E-state index contributed by atoms with van der Waals surface area (Å²) in [5, 5.41) is 0. The number of carbonyl (C=O) groups is 1. The number of carbonyl (C=O) groups excluding carboxylic acids is 1.